The Morgan fingerprint density at radius 1 is 1.50 bits per heavy atom. The molecule has 0 bridgehead atoms. The van der Waals surface area contributed by atoms with Crippen molar-refractivity contribution in [3.05, 3.63) is 34.9 Å². The lowest BCUT2D eigenvalue weighted by Gasteiger charge is -2.30. The van der Waals surface area contributed by atoms with Gasteiger partial charge in [-0.2, -0.15) is 0 Å². The third-order valence-corrected chi connectivity index (χ3v) is 3.93. The summed E-state index contributed by atoms with van der Waals surface area (Å²) in [6.45, 7) is 3.85. The highest BCUT2D eigenvalue weighted by atomic mass is 35.5. The Labute approximate surface area is 124 Å². The number of oxime groups is 1. The fourth-order valence-corrected chi connectivity index (χ4v) is 2.12. The molecule has 3 N–H and O–H groups in total. The van der Waals surface area contributed by atoms with Crippen LogP contribution in [0.15, 0.2) is 29.4 Å². The van der Waals surface area contributed by atoms with E-state index in [1.165, 1.54) is 4.90 Å². The van der Waals surface area contributed by atoms with Crippen molar-refractivity contribution in [1.82, 2.24) is 4.90 Å². The highest BCUT2D eigenvalue weighted by molar-refractivity contribution is 6.31. The van der Waals surface area contributed by atoms with Gasteiger partial charge in [0.15, 0.2) is 5.84 Å². The van der Waals surface area contributed by atoms with Crippen LogP contribution in [-0.2, 0) is 11.3 Å². The average molecular weight is 298 g/mol. The molecular weight excluding hydrogens is 278 g/mol. The summed E-state index contributed by atoms with van der Waals surface area (Å²) in [4.78, 5) is 14.1. The number of hydrogen-bond acceptors (Lipinski definition) is 3. The van der Waals surface area contributed by atoms with Crippen molar-refractivity contribution in [3.8, 4) is 0 Å². The van der Waals surface area contributed by atoms with Gasteiger partial charge in [0.1, 0.15) is 5.41 Å². The van der Waals surface area contributed by atoms with Crippen LogP contribution in [0.25, 0.3) is 0 Å². The first-order valence-electron chi connectivity index (χ1n) is 6.33. The van der Waals surface area contributed by atoms with Gasteiger partial charge in [-0.1, -0.05) is 41.9 Å². The number of halogens is 1. The number of benzene rings is 1. The molecule has 1 unspecified atom stereocenters. The maximum absolute atomic E-state index is 12.5. The summed E-state index contributed by atoms with van der Waals surface area (Å²) < 4.78 is 0. The zero-order valence-electron chi connectivity index (χ0n) is 11.9. The first-order chi connectivity index (χ1) is 9.36. The summed E-state index contributed by atoms with van der Waals surface area (Å²) in [5.41, 5.74) is 5.48. The van der Waals surface area contributed by atoms with E-state index in [2.05, 4.69) is 5.16 Å². The third-order valence-electron chi connectivity index (χ3n) is 3.56. The molecule has 0 fully saturated rings. The lowest BCUT2D eigenvalue weighted by molar-refractivity contribution is -0.137. The molecule has 1 rings (SSSR count). The van der Waals surface area contributed by atoms with E-state index in [1.807, 2.05) is 25.1 Å². The van der Waals surface area contributed by atoms with Crippen molar-refractivity contribution in [1.29, 1.82) is 0 Å². The molecule has 0 saturated carbocycles. The second-order valence-corrected chi connectivity index (χ2v) is 5.33. The Morgan fingerprint density at radius 2 is 2.10 bits per heavy atom. The molecule has 0 saturated heterocycles. The number of rotatable bonds is 5. The van der Waals surface area contributed by atoms with Gasteiger partial charge in [-0.05, 0) is 25.0 Å². The van der Waals surface area contributed by atoms with Crippen molar-refractivity contribution in [2.24, 2.45) is 16.3 Å². The Kier molecular flexibility index (Phi) is 5.39. The Morgan fingerprint density at radius 3 is 2.60 bits per heavy atom. The summed E-state index contributed by atoms with van der Waals surface area (Å²) in [6, 6.07) is 7.33. The predicted octanol–water partition coefficient (Wildman–Crippen LogP) is 2.46. The fraction of sp³-hybridized carbons (Fsp3) is 0.429. The third kappa shape index (κ3) is 3.22. The largest absolute Gasteiger partial charge is 0.409 e. The topological polar surface area (TPSA) is 78.9 Å². The molecule has 6 heteroatoms. The van der Waals surface area contributed by atoms with Gasteiger partial charge in [0.25, 0.3) is 0 Å². The minimum absolute atomic E-state index is 0.0870. The maximum Gasteiger partial charge on any atom is 0.236 e. The molecule has 0 aromatic heterocycles. The number of nitrogens with two attached hydrogens (primary N) is 1. The van der Waals surface area contributed by atoms with Crippen LogP contribution < -0.4 is 5.73 Å². The van der Waals surface area contributed by atoms with E-state index in [0.29, 0.717) is 18.0 Å². The molecule has 0 aliphatic rings. The van der Waals surface area contributed by atoms with Crippen LogP contribution >= 0.6 is 11.6 Å². The lowest BCUT2D eigenvalue weighted by atomic mass is 9.84. The number of amidine groups is 1. The highest BCUT2D eigenvalue weighted by Gasteiger charge is 2.38. The van der Waals surface area contributed by atoms with Crippen LogP contribution in [0, 0.1) is 5.41 Å². The van der Waals surface area contributed by atoms with E-state index in [-0.39, 0.29) is 11.7 Å². The molecule has 0 aliphatic heterocycles. The Bertz CT molecular complexity index is 519. The Hall–Kier alpha value is -1.75. The van der Waals surface area contributed by atoms with Crippen LogP contribution in [0.2, 0.25) is 5.02 Å². The second kappa shape index (κ2) is 6.61. The molecule has 0 heterocycles. The van der Waals surface area contributed by atoms with Crippen LogP contribution in [-0.4, -0.2) is 28.9 Å². The van der Waals surface area contributed by atoms with Crippen molar-refractivity contribution < 1.29 is 10.0 Å². The fourth-order valence-electron chi connectivity index (χ4n) is 1.93. The smallest absolute Gasteiger partial charge is 0.236 e. The first-order valence-corrected chi connectivity index (χ1v) is 6.71. The standard InChI is InChI=1S/C14H20ClN3O2/c1-4-14(2,12(16)17-20)13(19)18(3)9-10-7-5-6-8-11(10)15/h5-8,20H,4,9H2,1-3H3,(H2,16,17). The van der Waals surface area contributed by atoms with Crippen molar-refractivity contribution in [2.45, 2.75) is 26.8 Å². The Balaban J connectivity index is 2.94. The van der Waals surface area contributed by atoms with E-state index in [9.17, 15) is 4.79 Å². The number of hydrogen-bond donors (Lipinski definition) is 2. The van der Waals surface area contributed by atoms with Gasteiger partial charge < -0.3 is 15.8 Å². The van der Waals surface area contributed by atoms with Gasteiger partial charge in [0.2, 0.25) is 5.91 Å². The highest BCUT2D eigenvalue weighted by Crippen LogP contribution is 2.26. The molecule has 0 radical (unpaired) electrons. The van der Waals surface area contributed by atoms with E-state index in [0.717, 1.165) is 5.56 Å². The summed E-state index contributed by atoms with van der Waals surface area (Å²) >= 11 is 6.08. The van der Waals surface area contributed by atoms with Crippen molar-refractivity contribution >= 4 is 23.3 Å². The summed E-state index contributed by atoms with van der Waals surface area (Å²) in [5.74, 6) is -0.300. The lowest BCUT2D eigenvalue weighted by Crippen LogP contribution is -2.48. The summed E-state index contributed by atoms with van der Waals surface area (Å²) in [5, 5.41) is 12.4. The molecule has 1 amide bonds. The van der Waals surface area contributed by atoms with E-state index < -0.39 is 5.41 Å². The monoisotopic (exact) mass is 297 g/mol. The number of carbonyl (C=O) groups is 1. The first kappa shape index (κ1) is 16.3. The van der Waals surface area contributed by atoms with Gasteiger partial charge in [-0.25, -0.2) is 0 Å². The van der Waals surface area contributed by atoms with Gasteiger partial charge in [0.05, 0.1) is 0 Å². The molecular formula is C14H20ClN3O2. The zero-order chi connectivity index (χ0) is 15.3. The van der Waals surface area contributed by atoms with Crippen LogP contribution in [0.3, 0.4) is 0 Å². The maximum atomic E-state index is 12.5. The van der Waals surface area contributed by atoms with Crippen LogP contribution in [0.5, 0.6) is 0 Å². The van der Waals surface area contributed by atoms with E-state index >= 15 is 0 Å². The molecule has 1 aromatic carbocycles. The molecule has 1 aromatic rings. The van der Waals surface area contributed by atoms with Crippen LogP contribution in [0.1, 0.15) is 25.8 Å². The minimum atomic E-state index is -1.02. The summed E-state index contributed by atoms with van der Waals surface area (Å²) in [6.07, 6.45) is 0.439. The van der Waals surface area contributed by atoms with Gasteiger partial charge in [-0.15, -0.1) is 0 Å². The minimum Gasteiger partial charge on any atom is -0.409 e. The molecule has 0 aliphatic carbocycles. The number of carbonyl (C=O) groups excluding carboxylic acids is 1. The molecule has 110 valence electrons. The molecule has 0 spiro atoms. The van der Waals surface area contributed by atoms with E-state index in [1.54, 1.807) is 20.0 Å². The van der Waals surface area contributed by atoms with Crippen molar-refractivity contribution in [2.75, 3.05) is 7.05 Å². The molecule has 5 nitrogen and oxygen atoms in total. The van der Waals surface area contributed by atoms with Gasteiger partial charge in [0, 0.05) is 18.6 Å². The van der Waals surface area contributed by atoms with Gasteiger partial charge >= 0.3 is 0 Å². The number of amides is 1. The second-order valence-electron chi connectivity index (χ2n) is 4.92. The molecule has 1 atom stereocenters. The average Bonchev–Trinajstić information content (AvgIpc) is 2.46. The predicted molar refractivity (Wildman–Crippen MR) is 79.7 cm³/mol. The van der Waals surface area contributed by atoms with E-state index in [4.69, 9.17) is 22.5 Å². The summed E-state index contributed by atoms with van der Waals surface area (Å²) in [7, 11) is 1.67. The molecule has 20 heavy (non-hydrogen) atoms. The normalized spacial score (nSPS) is 14.7. The van der Waals surface area contributed by atoms with Gasteiger partial charge in [-0.3, -0.25) is 4.79 Å². The number of nitrogens with zero attached hydrogens (tertiary/aromatic N) is 2. The zero-order valence-corrected chi connectivity index (χ0v) is 12.7. The quantitative estimate of drug-likeness (QED) is 0.379. The SMILES string of the molecule is CCC(C)(C(=O)N(C)Cc1ccccc1Cl)/C(N)=N/O. The van der Waals surface area contributed by atoms with Crippen molar-refractivity contribution in [3.63, 3.8) is 0 Å². The van der Waals surface area contributed by atoms with Crippen LogP contribution in [0.4, 0.5) is 0 Å².